The molecule has 0 spiro atoms. The molecular formula is C29H35N5O2. The predicted octanol–water partition coefficient (Wildman–Crippen LogP) is 5.10. The van der Waals surface area contributed by atoms with Gasteiger partial charge in [0.2, 0.25) is 11.9 Å². The van der Waals surface area contributed by atoms with E-state index in [9.17, 15) is 9.59 Å². The number of aromatic nitrogens is 2. The summed E-state index contributed by atoms with van der Waals surface area (Å²) in [6, 6.07) is 18.1. The number of amides is 1. The SMILES string of the molecule is CCCC(=O)Cc1ccc(-c2ccnc(Nc3ccc(N4CCN(C(=O)C(C)C)CC4)cc3)n2)cc1. The van der Waals surface area contributed by atoms with Crippen molar-refractivity contribution in [2.24, 2.45) is 5.92 Å². The van der Waals surface area contributed by atoms with E-state index in [0.717, 1.165) is 60.8 Å². The van der Waals surface area contributed by atoms with Gasteiger partial charge in [0.25, 0.3) is 0 Å². The van der Waals surface area contributed by atoms with Gasteiger partial charge in [-0.25, -0.2) is 9.97 Å². The molecular weight excluding hydrogens is 450 g/mol. The lowest BCUT2D eigenvalue weighted by Crippen LogP contribution is -2.49. The second kappa shape index (κ2) is 11.8. The number of rotatable bonds is 9. The summed E-state index contributed by atoms with van der Waals surface area (Å²) in [4.78, 5) is 37.5. The third-order valence-corrected chi connectivity index (χ3v) is 6.41. The molecule has 2 heterocycles. The van der Waals surface area contributed by atoms with Gasteiger partial charge >= 0.3 is 0 Å². The Kier molecular flexibility index (Phi) is 8.31. The zero-order valence-electron chi connectivity index (χ0n) is 21.4. The number of nitrogens with one attached hydrogen (secondary N) is 1. The lowest BCUT2D eigenvalue weighted by Gasteiger charge is -2.37. The van der Waals surface area contributed by atoms with E-state index in [2.05, 4.69) is 32.3 Å². The summed E-state index contributed by atoms with van der Waals surface area (Å²) in [6.07, 6.45) is 3.73. The molecule has 1 fully saturated rings. The van der Waals surface area contributed by atoms with Gasteiger partial charge in [0.1, 0.15) is 5.78 Å². The zero-order chi connectivity index (χ0) is 25.5. The summed E-state index contributed by atoms with van der Waals surface area (Å²) < 4.78 is 0. The zero-order valence-corrected chi connectivity index (χ0v) is 21.4. The Balaban J connectivity index is 1.36. The van der Waals surface area contributed by atoms with Gasteiger partial charge in [0.15, 0.2) is 0 Å². The van der Waals surface area contributed by atoms with E-state index in [1.54, 1.807) is 6.20 Å². The highest BCUT2D eigenvalue weighted by molar-refractivity contribution is 5.81. The Morgan fingerprint density at radius 2 is 1.64 bits per heavy atom. The predicted molar refractivity (Wildman–Crippen MR) is 144 cm³/mol. The minimum Gasteiger partial charge on any atom is -0.368 e. The first kappa shape index (κ1) is 25.4. The molecule has 7 nitrogen and oxygen atoms in total. The number of piperazine rings is 1. The van der Waals surface area contributed by atoms with Crippen LogP contribution in [0.25, 0.3) is 11.3 Å². The normalized spacial score (nSPS) is 13.7. The van der Waals surface area contributed by atoms with Crippen molar-refractivity contribution in [1.82, 2.24) is 14.9 Å². The summed E-state index contributed by atoms with van der Waals surface area (Å²) >= 11 is 0. The molecule has 1 aliphatic heterocycles. The van der Waals surface area contributed by atoms with Crippen LogP contribution in [0.2, 0.25) is 0 Å². The quantitative estimate of drug-likeness (QED) is 0.454. The number of nitrogens with zero attached hydrogens (tertiary/aromatic N) is 4. The van der Waals surface area contributed by atoms with E-state index in [4.69, 9.17) is 0 Å². The topological polar surface area (TPSA) is 78.4 Å². The third-order valence-electron chi connectivity index (χ3n) is 6.41. The average Bonchev–Trinajstić information content (AvgIpc) is 2.89. The number of ketones is 1. The fourth-order valence-electron chi connectivity index (χ4n) is 4.40. The fourth-order valence-corrected chi connectivity index (χ4v) is 4.40. The van der Waals surface area contributed by atoms with Gasteiger partial charge in [-0.2, -0.15) is 0 Å². The summed E-state index contributed by atoms with van der Waals surface area (Å²) in [6.45, 7) is 9.11. The van der Waals surface area contributed by atoms with Crippen molar-refractivity contribution in [3.8, 4) is 11.3 Å². The standard InChI is InChI=1S/C29H35N5O2/c1-4-5-26(35)20-22-6-8-23(9-7-22)27-14-15-30-29(32-27)31-24-10-12-25(13-11-24)33-16-18-34(19-17-33)28(36)21(2)3/h6-15,21H,4-5,16-20H2,1-3H3,(H,30,31,32). The average molecular weight is 486 g/mol. The smallest absolute Gasteiger partial charge is 0.227 e. The maximum atomic E-state index is 12.2. The van der Waals surface area contributed by atoms with Crippen LogP contribution in [0.1, 0.15) is 39.2 Å². The van der Waals surface area contributed by atoms with Crippen LogP contribution >= 0.6 is 0 Å². The minimum absolute atomic E-state index is 0.0446. The molecule has 3 aromatic rings. The minimum atomic E-state index is 0.0446. The van der Waals surface area contributed by atoms with Gasteiger partial charge in [-0.05, 0) is 42.3 Å². The largest absolute Gasteiger partial charge is 0.368 e. The van der Waals surface area contributed by atoms with E-state index in [1.807, 2.05) is 68.1 Å². The number of carbonyl (C=O) groups is 2. The van der Waals surface area contributed by atoms with Crippen molar-refractivity contribution in [1.29, 1.82) is 0 Å². The number of benzene rings is 2. The van der Waals surface area contributed by atoms with Crippen LogP contribution in [0.5, 0.6) is 0 Å². The summed E-state index contributed by atoms with van der Waals surface area (Å²) in [5.74, 6) is 1.08. The number of carbonyl (C=O) groups excluding carboxylic acids is 2. The lowest BCUT2D eigenvalue weighted by atomic mass is 10.0. The Morgan fingerprint density at radius 1 is 0.944 bits per heavy atom. The molecule has 1 aromatic heterocycles. The Hall–Kier alpha value is -3.74. The van der Waals surface area contributed by atoms with E-state index >= 15 is 0 Å². The summed E-state index contributed by atoms with van der Waals surface area (Å²) in [5, 5.41) is 3.29. The number of hydrogen-bond donors (Lipinski definition) is 1. The van der Waals surface area contributed by atoms with E-state index in [0.29, 0.717) is 18.8 Å². The second-order valence-electron chi connectivity index (χ2n) is 9.57. The number of hydrogen-bond acceptors (Lipinski definition) is 6. The van der Waals surface area contributed by atoms with Gasteiger partial charge < -0.3 is 15.1 Å². The van der Waals surface area contributed by atoms with E-state index in [1.165, 1.54) is 0 Å². The first-order valence-electron chi connectivity index (χ1n) is 12.8. The van der Waals surface area contributed by atoms with Crippen molar-refractivity contribution in [3.05, 3.63) is 66.4 Å². The van der Waals surface area contributed by atoms with Crippen LogP contribution in [0.3, 0.4) is 0 Å². The van der Waals surface area contributed by atoms with Crippen molar-refractivity contribution in [2.45, 2.75) is 40.0 Å². The van der Waals surface area contributed by atoms with Gasteiger partial charge in [0, 0.05) is 68.1 Å². The van der Waals surface area contributed by atoms with E-state index < -0.39 is 0 Å². The van der Waals surface area contributed by atoms with Gasteiger partial charge in [0.05, 0.1) is 5.69 Å². The molecule has 7 heteroatoms. The first-order valence-corrected chi connectivity index (χ1v) is 12.8. The van der Waals surface area contributed by atoms with Crippen LogP contribution in [0.4, 0.5) is 17.3 Å². The Morgan fingerprint density at radius 3 is 2.28 bits per heavy atom. The van der Waals surface area contributed by atoms with Gasteiger partial charge in [-0.1, -0.05) is 45.0 Å². The van der Waals surface area contributed by atoms with Gasteiger partial charge in [-0.3, -0.25) is 9.59 Å². The second-order valence-corrected chi connectivity index (χ2v) is 9.57. The summed E-state index contributed by atoms with van der Waals surface area (Å²) in [7, 11) is 0. The van der Waals surface area contributed by atoms with Crippen molar-refractivity contribution >= 4 is 29.0 Å². The Bertz CT molecular complexity index is 1170. The molecule has 1 N–H and O–H groups in total. The fraction of sp³-hybridized carbons (Fsp3) is 0.379. The molecule has 0 bridgehead atoms. The maximum absolute atomic E-state index is 12.2. The van der Waals surface area contributed by atoms with Crippen LogP contribution in [0, 0.1) is 5.92 Å². The van der Waals surface area contributed by atoms with Crippen LogP contribution in [0.15, 0.2) is 60.8 Å². The lowest BCUT2D eigenvalue weighted by molar-refractivity contribution is -0.134. The van der Waals surface area contributed by atoms with Crippen molar-refractivity contribution < 1.29 is 9.59 Å². The van der Waals surface area contributed by atoms with Crippen LogP contribution in [-0.2, 0) is 16.0 Å². The molecule has 0 unspecified atom stereocenters. The molecule has 0 radical (unpaired) electrons. The van der Waals surface area contributed by atoms with E-state index in [-0.39, 0.29) is 17.6 Å². The van der Waals surface area contributed by atoms with Crippen molar-refractivity contribution in [3.63, 3.8) is 0 Å². The molecule has 4 rings (SSSR count). The molecule has 1 saturated heterocycles. The molecule has 0 aliphatic carbocycles. The van der Waals surface area contributed by atoms with Gasteiger partial charge in [-0.15, -0.1) is 0 Å². The molecule has 0 saturated carbocycles. The monoisotopic (exact) mass is 485 g/mol. The molecule has 2 aromatic carbocycles. The Labute approximate surface area is 213 Å². The summed E-state index contributed by atoms with van der Waals surface area (Å²) in [5.41, 5.74) is 4.89. The maximum Gasteiger partial charge on any atom is 0.227 e. The molecule has 0 atom stereocenters. The highest BCUT2D eigenvalue weighted by Gasteiger charge is 2.22. The molecule has 1 amide bonds. The number of anilines is 3. The number of Topliss-reactive ketones (excluding diaryl/α,β-unsaturated/α-hetero) is 1. The highest BCUT2D eigenvalue weighted by atomic mass is 16.2. The highest BCUT2D eigenvalue weighted by Crippen LogP contribution is 2.23. The van der Waals surface area contributed by atoms with Crippen LogP contribution in [-0.4, -0.2) is 52.7 Å². The van der Waals surface area contributed by atoms with Crippen molar-refractivity contribution in [2.75, 3.05) is 36.4 Å². The van der Waals surface area contributed by atoms with Crippen LogP contribution < -0.4 is 10.2 Å². The third kappa shape index (κ3) is 6.47. The molecule has 36 heavy (non-hydrogen) atoms. The molecule has 1 aliphatic rings. The first-order chi connectivity index (χ1) is 17.4. The molecule has 188 valence electrons.